The van der Waals surface area contributed by atoms with E-state index >= 15 is 4.39 Å². The van der Waals surface area contributed by atoms with E-state index in [4.69, 9.17) is 14.5 Å². The van der Waals surface area contributed by atoms with Crippen molar-refractivity contribution in [1.29, 1.82) is 0 Å². The summed E-state index contributed by atoms with van der Waals surface area (Å²) in [7, 11) is 3.23. The highest BCUT2D eigenvalue weighted by molar-refractivity contribution is 9.10. The summed E-state index contributed by atoms with van der Waals surface area (Å²) < 4.78 is 28.3. The van der Waals surface area contributed by atoms with Gasteiger partial charge in [0.1, 0.15) is 28.8 Å². The monoisotopic (exact) mass is 690 g/mol. The molecule has 0 aliphatic rings. The third kappa shape index (κ3) is 6.66. The number of hydrogen-bond donors (Lipinski definition) is 1. The number of methoxy groups -OCH3 is 2. The minimum absolute atomic E-state index is 0.114. The molecule has 6 rings (SSSR count). The van der Waals surface area contributed by atoms with Gasteiger partial charge in [0.15, 0.2) is 0 Å². The molecule has 2 heterocycles. The van der Waals surface area contributed by atoms with Crippen LogP contribution in [0.25, 0.3) is 16.5 Å². The number of aliphatic imine (C=N–C) groups is 1. The summed E-state index contributed by atoms with van der Waals surface area (Å²) in [5.41, 5.74) is 4.24. The lowest BCUT2D eigenvalue weighted by Gasteiger charge is -2.16. The van der Waals surface area contributed by atoms with Gasteiger partial charge in [-0.05, 0) is 58.1 Å². The topological polar surface area (TPSA) is 77.7 Å². The number of anilines is 1. The highest BCUT2D eigenvalue weighted by Crippen LogP contribution is 2.32. The minimum atomic E-state index is -0.514. The molecule has 4 aromatic carbocycles. The first-order chi connectivity index (χ1) is 22.9. The van der Waals surface area contributed by atoms with E-state index in [1.807, 2.05) is 91.9 Å². The van der Waals surface area contributed by atoms with E-state index in [-0.39, 0.29) is 11.2 Å². The fourth-order valence-electron chi connectivity index (χ4n) is 5.49. The average molecular weight is 692 g/mol. The van der Waals surface area contributed by atoms with Gasteiger partial charge in [0, 0.05) is 57.1 Å². The molecule has 9 heteroatoms. The number of hydrogen-bond acceptors (Lipinski definition) is 6. The molecule has 0 aliphatic carbocycles. The zero-order valence-electron chi connectivity index (χ0n) is 26.1. The lowest BCUT2D eigenvalue weighted by molar-refractivity contribution is 0.391. The molecule has 0 aliphatic heterocycles. The van der Waals surface area contributed by atoms with Crippen LogP contribution in [0.3, 0.4) is 0 Å². The smallest absolute Gasteiger partial charge is 0.258 e. The number of halogens is 2. The lowest BCUT2D eigenvalue weighted by atomic mass is 10.0. The molecule has 0 bridgehead atoms. The Kier molecular flexibility index (Phi) is 9.45. The number of benzene rings is 4. The molecular formula is C38H32BrFN4O3. The van der Waals surface area contributed by atoms with Crippen molar-refractivity contribution in [2.24, 2.45) is 4.99 Å². The number of aromatic nitrogens is 2. The lowest BCUT2D eigenvalue weighted by Crippen LogP contribution is -2.22. The van der Waals surface area contributed by atoms with E-state index < -0.39 is 5.82 Å². The Morgan fingerprint density at radius 1 is 0.936 bits per heavy atom. The largest absolute Gasteiger partial charge is 0.497 e. The Morgan fingerprint density at radius 2 is 1.64 bits per heavy atom. The number of aryl methyl sites for hydroxylation is 1. The van der Waals surface area contributed by atoms with Gasteiger partial charge in [0.05, 0.1) is 25.6 Å². The van der Waals surface area contributed by atoms with Crippen LogP contribution in [0.4, 0.5) is 15.9 Å². The molecule has 0 radical (unpaired) electrons. The molecular weight excluding hydrogens is 659 g/mol. The first-order valence-electron chi connectivity index (χ1n) is 15.1. The van der Waals surface area contributed by atoms with Crippen molar-refractivity contribution < 1.29 is 13.9 Å². The fraction of sp³-hybridized carbons (Fsp3) is 0.132. The Bertz CT molecular complexity index is 2110. The van der Waals surface area contributed by atoms with Crippen LogP contribution in [0.5, 0.6) is 11.5 Å². The van der Waals surface area contributed by atoms with Gasteiger partial charge in [-0.15, -0.1) is 0 Å². The summed E-state index contributed by atoms with van der Waals surface area (Å²) in [6.45, 7) is 2.40. The molecule has 0 amide bonds. The van der Waals surface area contributed by atoms with Gasteiger partial charge in [-0.25, -0.2) is 14.4 Å². The van der Waals surface area contributed by atoms with Crippen molar-refractivity contribution in [1.82, 2.24) is 9.55 Å². The van der Waals surface area contributed by atoms with E-state index in [0.717, 1.165) is 27.5 Å². The standard InChI is InChI=1S/C38H32BrFN4O3/c1-4-29-30-18-36(41-21-26-15-16-28(46-2)17-35(26)47-3)42-22-27(30)23-44(38(29)45)34-20-33(32(40)19-31(34)39)43-37(24-11-7-5-8-12-24)25-13-9-6-10-14-25/h5-20,22-23,41H,4,21H2,1-3H3. The predicted molar refractivity (Wildman–Crippen MR) is 189 cm³/mol. The molecule has 1 N–H and O–H groups in total. The SMILES string of the molecule is CCc1c(=O)n(-c2cc(N=C(c3ccccc3)c3ccccc3)c(F)cc2Br)cc2cnc(NCc3ccc(OC)cc3OC)cc12. The van der Waals surface area contributed by atoms with Gasteiger partial charge in [-0.2, -0.15) is 0 Å². The van der Waals surface area contributed by atoms with E-state index in [9.17, 15) is 4.79 Å². The second-order valence-corrected chi connectivity index (χ2v) is 11.6. The zero-order valence-corrected chi connectivity index (χ0v) is 27.7. The molecule has 6 aromatic rings. The number of nitrogens with zero attached hydrogens (tertiary/aromatic N) is 3. The second kappa shape index (κ2) is 14.0. The fourth-order valence-corrected chi connectivity index (χ4v) is 6.00. The van der Waals surface area contributed by atoms with E-state index in [2.05, 4.69) is 26.2 Å². The summed E-state index contributed by atoms with van der Waals surface area (Å²) in [5, 5.41) is 4.91. The number of nitrogens with one attached hydrogen (secondary N) is 1. The minimum Gasteiger partial charge on any atom is -0.497 e. The summed E-state index contributed by atoms with van der Waals surface area (Å²) in [4.78, 5) is 23.4. The zero-order chi connectivity index (χ0) is 32.9. The maximum absolute atomic E-state index is 15.5. The molecule has 0 unspecified atom stereocenters. The Morgan fingerprint density at radius 3 is 2.28 bits per heavy atom. The molecule has 0 spiro atoms. The van der Waals surface area contributed by atoms with Gasteiger partial charge >= 0.3 is 0 Å². The molecule has 0 fully saturated rings. The Hall–Kier alpha value is -5.28. The molecule has 0 atom stereocenters. The van der Waals surface area contributed by atoms with Crippen molar-refractivity contribution >= 4 is 43.9 Å². The highest BCUT2D eigenvalue weighted by atomic mass is 79.9. The van der Waals surface area contributed by atoms with Crippen LogP contribution < -0.4 is 20.3 Å². The molecule has 0 saturated heterocycles. The molecule has 47 heavy (non-hydrogen) atoms. The first kappa shape index (κ1) is 31.7. The van der Waals surface area contributed by atoms with E-state index in [0.29, 0.717) is 51.7 Å². The summed E-state index contributed by atoms with van der Waals surface area (Å²) >= 11 is 3.50. The van der Waals surface area contributed by atoms with Crippen molar-refractivity contribution in [2.45, 2.75) is 19.9 Å². The number of pyridine rings is 2. The quantitative estimate of drug-likeness (QED) is 0.146. The number of fused-ring (bicyclic) bond motifs is 1. The van der Waals surface area contributed by atoms with Crippen LogP contribution in [0, 0.1) is 5.82 Å². The first-order valence-corrected chi connectivity index (χ1v) is 15.9. The van der Waals surface area contributed by atoms with Gasteiger partial charge < -0.3 is 14.8 Å². The molecule has 7 nitrogen and oxygen atoms in total. The Labute approximate surface area is 280 Å². The highest BCUT2D eigenvalue weighted by Gasteiger charge is 2.17. The maximum Gasteiger partial charge on any atom is 0.258 e. The average Bonchev–Trinajstić information content (AvgIpc) is 3.11. The van der Waals surface area contributed by atoms with Crippen LogP contribution in [0.2, 0.25) is 0 Å². The summed E-state index contributed by atoms with van der Waals surface area (Å²) in [5.74, 6) is 1.51. The molecule has 0 saturated carbocycles. The maximum atomic E-state index is 15.5. The third-order valence-corrected chi connectivity index (χ3v) is 8.55. The van der Waals surface area contributed by atoms with E-state index in [1.54, 1.807) is 32.7 Å². The summed E-state index contributed by atoms with van der Waals surface area (Å²) in [6.07, 6.45) is 3.96. The van der Waals surface area contributed by atoms with Crippen LogP contribution in [0.1, 0.15) is 29.2 Å². The van der Waals surface area contributed by atoms with Gasteiger partial charge in [-0.3, -0.25) is 9.36 Å². The van der Waals surface area contributed by atoms with Gasteiger partial charge in [0.25, 0.3) is 5.56 Å². The van der Waals surface area contributed by atoms with Crippen LogP contribution in [-0.2, 0) is 13.0 Å². The van der Waals surface area contributed by atoms with Crippen LogP contribution >= 0.6 is 15.9 Å². The van der Waals surface area contributed by atoms with Crippen molar-refractivity contribution in [3.63, 3.8) is 0 Å². The molecule has 2 aromatic heterocycles. The predicted octanol–water partition coefficient (Wildman–Crippen LogP) is 8.65. The molecule has 236 valence electrons. The number of rotatable bonds is 10. The third-order valence-electron chi connectivity index (χ3n) is 7.92. The number of ether oxygens (including phenoxy) is 2. The van der Waals surface area contributed by atoms with E-state index in [1.165, 1.54) is 10.6 Å². The second-order valence-electron chi connectivity index (χ2n) is 10.8. The Balaban J connectivity index is 1.40. The van der Waals surface area contributed by atoms with Crippen molar-refractivity contribution in [2.75, 3.05) is 19.5 Å². The van der Waals surface area contributed by atoms with Crippen LogP contribution in [-0.4, -0.2) is 29.5 Å². The van der Waals surface area contributed by atoms with Gasteiger partial charge in [-0.1, -0.05) is 67.6 Å². The van der Waals surface area contributed by atoms with Gasteiger partial charge in [0.2, 0.25) is 0 Å². The van der Waals surface area contributed by atoms with Crippen LogP contribution in [0.15, 0.2) is 124 Å². The summed E-state index contributed by atoms with van der Waals surface area (Å²) in [6, 6.07) is 29.8. The normalized spacial score (nSPS) is 10.9. The van der Waals surface area contributed by atoms with Crippen molar-refractivity contribution in [3.8, 4) is 17.2 Å². The van der Waals surface area contributed by atoms with Crippen molar-refractivity contribution in [3.05, 3.63) is 152 Å².